The maximum atomic E-state index is 13.1. The lowest BCUT2D eigenvalue weighted by Crippen LogP contribution is -2.49. The summed E-state index contributed by atoms with van der Waals surface area (Å²) in [5.74, 6) is -0.210. The number of fused-ring (bicyclic) bond motifs is 1. The van der Waals surface area contributed by atoms with Crippen LogP contribution >= 0.6 is 0 Å². The first-order valence-electron chi connectivity index (χ1n) is 8.66. The first kappa shape index (κ1) is 18.5. The molecular formula is C20H24N2O3S. The topological polar surface area (TPSA) is 57.7 Å². The van der Waals surface area contributed by atoms with Crippen molar-refractivity contribution in [1.82, 2.24) is 0 Å². The number of aryl methyl sites for hydroxylation is 2. The molecule has 3 rings (SSSR count). The molecule has 1 amide bonds. The molecule has 1 aliphatic rings. The van der Waals surface area contributed by atoms with Gasteiger partial charge in [-0.2, -0.15) is 0 Å². The quantitative estimate of drug-likeness (QED) is 0.829. The van der Waals surface area contributed by atoms with E-state index in [2.05, 4.69) is 0 Å². The lowest BCUT2D eigenvalue weighted by atomic mass is 10.1. The van der Waals surface area contributed by atoms with Gasteiger partial charge in [-0.3, -0.25) is 9.10 Å². The molecule has 2 aromatic rings. The number of carbonyl (C=O) groups excluding carboxylic acids is 1. The highest BCUT2D eigenvalue weighted by Crippen LogP contribution is 2.30. The van der Waals surface area contributed by atoms with Crippen LogP contribution in [0, 0.1) is 13.8 Å². The fraction of sp³-hybridized carbons (Fsp3) is 0.350. The van der Waals surface area contributed by atoms with Gasteiger partial charge in [0.15, 0.2) is 0 Å². The molecule has 0 fully saturated rings. The first-order chi connectivity index (χ1) is 12.2. The summed E-state index contributed by atoms with van der Waals surface area (Å²) < 4.78 is 26.2. The van der Waals surface area contributed by atoms with Gasteiger partial charge in [0, 0.05) is 12.2 Å². The molecule has 0 aliphatic carbocycles. The second kappa shape index (κ2) is 6.76. The molecule has 0 bridgehead atoms. The number of para-hydroxylation sites is 1. The lowest BCUT2D eigenvalue weighted by Gasteiger charge is -2.31. The number of sulfonamides is 1. The highest BCUT2D eigenvalue weighted by molar-refractivity contribution is 7.92. The van der Waals surface area contributed by atoms with Crippen LogP contribution in [0.3, 0.4) is 0 Å². The van der Waals surface area contributed by atoms with Gasteiger partial charge in [0.05, 0.1) is 11.9 Å². The molecule has 0 radical (unpaired) electrons. The Balaban J connectivity index is 1.97. The molecule has 26 heavy (non-hydrogen) atoms. The van der Waals surface area contributed by atoms with Crippen molar-refractivity contribution in [2.45, 2.75) is 33.2 Å². The molecule has 0 saturated carbocycles. The molecule has 1 heterocycles. The third kappa shape index (κ3) is 3.33. The van der Waals surface area contributed by atoms with Crippen molar-refractivity contribution in [2.75, 3.05) is 22.0 Å². The van der Waals surface area contributed by atoms with E-state index in [1.807, 2.05) is 50.2 Å². The van der Waals surface area contributed by atoms with Crippen molar-refractivity contribution in [3.8, 4) is 0 Å². The van der Waals surface area contributed by atoms with Crippen molar-refractivity contribution >= 4 is 27.3 Å². The van der Waals surface area contributed by atoms with E-state index in [0.717, 1.165) is 35.1 Å². The Morgan fingerprint density at radius 1 is 1.12 bits per heavy atom. The number of nitrogens with zero attached hydrogens (tertiary/aromatic N) is 2. The maximum Gasteiger partial charge on any atom is 0.250 e. The molecule has 1 atom stereocenters. The summed E-state index contributed by atoms with van der Waals surface area (Å²) >= 11 is 0. The smallest absolute Gasteiger partial charge is 0.250 e. The summed E-state index contributed by atoms with van der Waals surface area (Å²) in [7, 11) is -3.61. The normalized spacial score (nSPS) is 14.8. The van der Waals surface area contributed by atoms with Crippen LogP contribution in [0.15, 0.2) is 42.5 Å². The zero-order valence-electron chi connectivity index (χ0n) is 15.6. The summed E-state index contributed by atoms with van der Waals surface area (Å²) in [5, 5.41) is 0. The molecule has 0 unspecified atom stereocenters. The summed E-state index contributed by atoms with van der Waals surface area (Å²) in [6.45, 7) is 6.13. The van der Waals surface area contributed by atoms with Gasteiger partial charge in [-0.25, -0.2) is 8.42 Å². The molecule has 138 valence electrons. The minimum Gasteiger partial charge on any atom is -0.310 e. The van der Waals surface area contributed by atoms with Crippen LogP contribution in [0.4, 0.5) is 11.4 Å². The van der Waals surface area contributed by atoms with E-state index < -0.39 is 16.1 Å². The highest BCUT2D eigenvalue weighted by atomic mass is 32.2. The summed E-state index contributed by atoms with van der Waals surface area (Å²) in [5.41, 5.74) is 4.57. The molecule has 0 aromatic heterocycles. The van der Waals surface area contributed by atoms with Crippen molar-refractivity contribution in [3.05, 3.63) is 59.2 Å². The van der Waals surface area contributed by atoms with E-state index in [0.29, 0.717) is 12.2 Å². The van der Waals surface area contributed by atoms with Crippen molar-refractivity contribution in [1.29, 1.82) is 0 Å². The van der Waals surface area contributed by atoms with E-state index in [1.54, 1.807) is 17.9 Å². The third-order valence-electron chi connectivity index (χ3n) is 4.96. The predicted octanol–water partition coefficient (Wildman–Crippen LogP) is 3.05. The number of amides is 1. The molecular weight excluding hydrogens is 348 g/mol. The molecule has 0 N–H and O–H groups in total. The van der Waals surface area contributed by atoms with Gasteiger partial charge in [-0.05, 0) is 62.1 Å². The van der Waals surface area contributed by atoms with Crippen molar-refractivity contribution in [3.63, 3.8) is 0 Å². The van der Waals surface area contributed by atoms with Crippen LogP contribution in [-0.4, -0.2) is 33.2 Å². The Hall–Kier alpha value is -2.34. The molecule has 6 heteroatoms. The van der Waals surface area contributed by atoms with Gasteiger partial charge in [-0.1, -0.05) is 24.3 Å². The van der Waals surface area contributed by atoms with E-state index in [4.69, 9.17) is 0 Å². The minimum absolute atomic E-state index is 0.210. The summed E-state index contributed by atoms with van der Waals surface area (Å²) in [4.78, 5) is 14.8. The number of hydrogen-bond acceptors (Lipinski definition) is 3. The van der Waals surface area contributed by atoms with E-state index in [1.165, 1.54) is 4.31 Å². The molecule has 0 spiro atoms. The fourth-order valence-corrected chi connectivity index (χ4v) is 4.62. The predicted molar refractivity (Wildman–Crippen MR) is 105 cm³/mol. The first-order valence-corrected chi connectivity index (χ1v) is 10.5. The fourth-order valence-electron chi connectivity index (χ4n) is 3.46. The molecule has 1 aliphatic heterocycles. The molecule has 2 aromatic carbocycles. The lowest BCUT2D eigenvalue weighted by molar-refractivity contribution is -0.119. The number of carbonyl (C=O) groups is 1. The van der Waals surface area contributed by atoms with Crippen LogP contribution in [0.2, 0.25) is 0 Å². The SMILES string of the molecule is Cc1ccc(N([C@H](C)C(=O)N2CCc3ccccc32)S(C)(=O)=O)cc1C. The third-order valence-corrected chi connectivity index (χ3v) is 6.21. The summed E-state index contributed by atoms with van der Waals surface area (Å²) in [6, 6.07) is 12.4. The van der Waals surface area contributed by atoms with Gasteiger partial charge in [0.1, 0.15) is 6.04 Å². The van der Waals surface area contributed by atoms with Crippen LogP contribution in [0.25, 0.3) is 0 Å². The Morgan fingerprint density at radius 3 is 2.46 bits per heavy atom. The van der Waals surface area contributed by atoms with Crippen LogP contribution < -0.4 is 9.21 Å². The Morgan fingerprint density at radius 2 is 1.81 bits per heavy atom. The van der Waals surface area contributed by atoms with Gasteiger partial charge in [0.2, 0.25) is 10.0 Å². The number of rotatable bonds is 4. The average Bonchev–Trinajstić information content (AvgIpc) is 3.00. The second-order valence-corrected chi connectivity index (χ2v) is 8.73. The largest absolute Gasteiger partial charge is 0.310 e. The second-order valence-electron chi connectivity index (χ2n) is 6.87. The maximum absolute atomic E-state index is 13.1. The standard InChI is InChI=1S/C20H24N2O3S/c1-14-9-10-18(13-15(14)2)22(26(4,24)25)16(3)20(23)21-12-11-17-7-5-6-8-19(17)21/h5-10,13,16H,11-12H2,1-4H3/t16-/m1/s1. The van der Waals surface area contributed by atoms with Crippen LogP contribution in [0.5, 0.6) is 0 Å². The highest BCUT2D eigenvalue weighted by Gasteiger charge is 2.34. The molecule has 0 saturated heterocycles. The van der Waals surface area contributed by atoms with Crippen molar-refractivity contribution < 1.29 is 13.2 Å². The van der Waals surface area contributed by atoms with Gasteiger partial charge >= 0.3 is 0 Å². The number of benzene rings is 2. The Bertz CT molecular complexity index is 953. The van der Waals surface area contributed by atoms with Crippen molar-refractivity contribution in [2.24, 2.45) is 0 Å². The Kier molecular flexibility index (Phi) is 4.80. The zero-order chi connectivity index (χ0) is 19.1. The van der Waals surface area contributed by atoms with E-state index in [-0.39, 0.29) is 5.91 Å². The van der Waals surface area contributed by atoms with Crippen LogP contribution in [0.1, 0.15) is 23.6 Å². The van der Waals surface area contributed by atoms with Gasteiger partial charge < -0.3 is 4.90 Å². The van der Waals surface area contributed by atoms with Crippen LogP contribution in [-0.2, 0) is 21.2 Å². The van der Waals surface area contributed by atoms with Gasteiger partial charge in [0.25, 0.3) is 5.91 Å². The summed E-state index contributed by atoms with van der Waals surface area (Å²) in [6.07, 6.45) is 1.93. The van der Waals surface area contributed by atoms with Gasteiger partial charge in [-0.15, -0.1) is 0 Å². The number of hydrogen-bond donors (Lipinski definition) is 0. The monoisotopic (exact) mass is 372 g/mol. The van der Waals surface area contributed by atoms with E-state index >= 15 is 0 Å². The zero-order valence-corrected chi connectivity index (χ0v) is 16.4. The number of anilines is 2. The average molecular weight is 372 g/mol. The minimum atomic E-state index is -3.61. The van der Waals surface area contributed by atoms with E-state index in [9.17, 15) is 13.2 Å². The Labute approximate surface area is 155 Å². The molecule has 5 nitrogen and oxygen atoms in total.